The Kier molecular flexibility index (Phi) is 6.64. The molecule has 0 amide bonds. The summed E-state index contributed by atoms with van der Waals surface area (Å²) in [7, 11) is 6.22. The van der Waals surface area contributed by atoms with E-state index in [2.05, 4.69) is 63.0 Å². The van der Waals surface area contributed by atoms with Gasteiger partial charge in [0.1, 0.15) is 13.7 Å². The fourth-order valence-electron chi connectivity index (χ4n) is 4.54. The molecule has 4 aromatic rings. The molecular weight excluding hydrogens is 427 g/mol. The Morgan fingerprint density at radius 2 is 2.09 bits per heavy atom. The second-order valence-corrected chi connectivity index (χ2v) is 9.35. The van der Waals surface area contributed by atoms with Crippen LogP contribution in [0, 0.1) is 0 Å². The third-order valence-corrected chi connectivity index (χ3v) is 7.06. The van der Waals surface area contributed by atoms with Gasteiger partial charge in [0, 0.05) is 55.1 Å². The van der Waals surface area contributed by atoms with Crippen LogP contribution < -0.4 is 10.8 Å². The normalized spacial score (nSPS) is 16.8. The van der Waals surface area contributed by atoms with E-state index < -0.39 is 0 Å². The van der Waals surface area contributed by atoms with Gasteiger partial charge in [-0.05, 0) is 54.4 Å². The van der Waals surface area contributed by atoms with E-state index in [0.717, 1.165) is 49.6 Å². The lowest BCUT2D eigenvalue weighted by Crippen LogP contribution is -2.34. The summed E-state index contributed by atoms with van der Waals surface area (Å²) in [6.45, 7) is 3.73. The van der Waals surface area contributed by atoms with Gasteiger partial charge in [-0.3, -0.25) is 9.88 Å². The number of piperidine rings is 1. The fourth-order valence-corrected chi connectivity index (χ4v) is 5.15. The number of aromatic nitrogens is 4. The number of nitrogens with zero attached hydrogens (tertiary/aromatic N) is 5. The molecular formula is C25H27BN6S. The third kappa shape index (κ3) is 4.92. The molecule has 1 fully saturated rings. The number of rotatable bonds is 7. The van der Waals surface area contributed by atoms with Crippen LogP contribution in [0.15, 0.2) is 66.0 Å². The largest absolute Gasteiger partial charge is 0.366 e. The van der Waals surface area contributed by atoms with Gasteiger partial charge in [-0.15, -0.1) is 11.8 Å². The maximum absolute atomic E-state index is 6.22. The number of benzene rings is 1. The van der Waals surface area contributed by atoms with Gasteiger partial charge in [-0.1, -0.05) is 24.3 Å². The molecule has 1 N–H and O–H groups in total. The summed E-state index contributed by atoms with van der Waals surface area (Å²) < 4.78 is 1.80. The molecule has 2 radical (unpaired) electrons. The molecule has 1 saturated heterocycles. The van der Waals surface area contributed by atoms with Gasteiger partial charge in [0.05, 0.1) is 5.69 Å². The highest BCUT2D eigenvalue weighted by Crippen LogP contribution is 2.30. The van der Waals surface area contributed by atoms with E-state index in [-0.39, 0.29) is 0 Å². The standard InChI is InChI=1S/C25H27BN6S/c1-33-23-9-3-2-7-20(23)17-31-11-5-8-19(16-31)22-12-24(28-14-18-6-4-10-27-13-18)32-25(30-22)21(26)15-29-32/h2-4,6-7,9-10,12-13,15,19,28H,5,8,11,14,16-17H2,1H3. The molecule has 3 aromatic heterocycles. The average molecular weight is 454 g/mol. The Labute approximate surface area is 200 Å². The number of hydrogen-bond donors (Lipinski definition) is 1. The number of likely N-dealkylation sites (tertiary alicyclic amines) is 1. The first kappa shape index (κ1) is 22.0. The highest BCUT2D eigenvalue weighted by Gasteiger charge is 2.24. The molecule has 0 bridgehead atoms. The van der Waals surface area contributed by atoms with Gasteiger partial charge in [0.15, 0.2) is 5.65 Å². The summed E-state index contributed by atoms with van der Waals surface area (Å²) >= 11 is 1.82. The van der Waals surface area contributed by atoms with Crippen molar-refractivity contribution in [3.05, 3.63) is 77.9 Å². The molecule has 1 atom stereocenters. The van der Waals surface area contributed by atoms with E-state index in [1.54, 1.807) is 16.9 Å². The van der Waals surface area contributed by atoms with Crippen molar-refractivity contribution in [1.82, 2.24) is 24.5 Å². The lowest BCUT2D eigenvalue weighted by molar-refractivity contribution is 0.197. The summed E-state index contributed by atoms with van der Waals surface area (Å²) in [5, 5.41) is 7.96. The second kappa shape index (κ2) is 9.97. The molecule has 166 valence electrons. The van der Waals surface area contributed by atoms with Gasteiger partial charge in [0.2, 0.25) is 0 Å². The van der Waals surface area contributed by atoms with E-state index in [9.17, 15) is 0 Å². The SMILES string of the molecule is [B]c1cnn2c(NCc3cccnc3)cc(C3CCCN(Cc4ccccc4SC)C3)nc12. The Hall–Kier alpha value is -2.84. The second-order valence-electron chi connectivity index (χ2n) is 8.50. The highest BCUT2D eigenvalue weighted by atomic mass is 32.2. The molecule has 0 saturated carbocycles. The molecule has 8 heteroatoms. The summed E-state index contributed by atoms with van der Waals surface area (Å²) in [4.78, 5) is 13.1. The first-order valence-electron chi connectivity index (χ1n) is 11.3. The summed E-state index contributed by atoms with van der Waals surface area (Å²) in [6, 6.07) is 14.8. The lowest BCUT2D eigenvalue weighted by Gasteiger charge is -2.33. The maximum atomic E-state index is 6.22. The van der Waals surface area contributed by atoms with Crippen molar-refractivity contribution < 1.29 is 0 Å². The predicted molar refractivity (Wildman–Crippen MR) is 135 cm³/mol. The summed E-state index contributed by atoms with van der Waals surface area (Å²) in [6.07, 6.45) is 9.76. The van der Waals surface area contributed by atoms with Gasteiger partial charge >= 0.3 is 0 Å². The van der Waals surface area contributed by atoms with Crippen LogP contribution in [0.2, 0.25) is 0 Å². The number of anilines is 1. The van der Waals surface area contributed by atoms with Crippen LogP contribution in [-0.2, 0) is 13.1 Å². The van der Waals surface area contributed by atoms with E-state index in [1.165, 1.54) is 10.5 Å². The Bertz CT molecular complexity index is 1230. The van der Waals surface area contributed by atoms with E-state index in [1.807, 2.05) is 24.0 Å². The van der Waals surface area contributed by atoms with E-state index in [4.69, 9.17) is 12.8 Å². The Balaban J connectivity index is 1.38. The van der Waals surface area contributed by atoms with Gasteiger partial charge in [-0.2, -0.15) is 9.61 Å². The number of nitrogens with one attached hydrogen (secondary N) is 1. The van der Waals surface area contributed by atoms with Crippen molar-refractivity contribution in [1.29, 1.82) is 0 Å². The minimum absolute atomic E-state index is 0.360. The molecule has 5 rings (SSSR count). The van der Waals surface area contributed by atoms with Crippen molar-refractivity contribution in [2.45, 2.75) is 36.7 Å². The maximum Gasteiger partial charge on any atom is 0.150 e. The molecule has 1 aliphatic rings. The average Bonchev–Trinajstić information content (AvgIpc) is 3.24. The van der Waals surface area contributed by atoms with Crippen LogP contribution >= 0.6 is 11.8 Å². The quantitative estimate of drug-likeness (QED) is 0.340. The monoisotopic (exact) mass is 454 g/mol. The fraction of sp³-hybridized carbons (Fsp3) is 0.320. The van der Waals surface area contributed by atoms with Crippen LogP contribution in [0.4, 0.5) is 5.82 Å². The van der Waals surface area contributed by atoms with Crippen molar-refractivity contribution in [2.24, 2.45) is 0 Å². The van der Waals surface area contributed by atoms with Crippen LogP contribution in [0.25, 0.3) is 5.65 Å². The van der Waals surface area contributed by atoms with Crippen LogP contribution in [0.5, 0.6) is 0 Å². The van der Waals surface area contributed by atoms with Crippen molar-refractivity contribution >= 4 is 36.5 Å². The number of fused-ring (bicyclic) bond motifs is 1. The van der Waals surface area contributed by atoms with E-state index in [0.29, 0.717) is 23.6 Å². The lowest BCUT2D eigenvalue weighted by atomic mass is 9.93. The zero-order chi connectivity index (χ0) is 22.6. The molecule has 1 aromatic carbocycles. The van der Waals surface area contributed by atoms with Gasteiger partial charge in [-0.25, -0.2) is 4.98 Å². The Morgan fingerprint density at radius 1 is 1.18 bits per heavy atom. The topological polar surface area (TPSA) is 58.4 Å². The first-order chi connectivity index (χ1) is 16.2. The minimum atomic E-state index is 0.360. The molecule has 1 aliphatic heterocycles. The molecule has 6 nitrogen and oxygen atoms in total. The summed E-state index contributed by atoms with van der Waals surface area (Å²) in [5.41, 5.74) is 4.90. The van der Waals surface area contributed by atoms with Crippen LogP contribution in [0.1, 0.15) is 35.6 Å². The van der Waals surface area contributed by atoms with Gasteiger partial charge < -0.3 is 5.32 Å². The van der Waals surface area contributed by atoms with Crippen molar-refractivity contribution in [3.8, 4) is 0 Å². The predicted octanol–water partition coefficient (Wildman–Crippen LogP) is 3.63. The van der Waals surface area contributed by atoms with Crippen molar-refractivity contribution in [2.75, 3.05) is 24.7 Å². The zero-order valence-corrected chi connectivity index (χ0v) is 19.6. The van der Waals surface area contributed by atoms with Gasteiger partial charge in [0.25, 0.3) is 0 Å². The number of pyridine rings is 1. The molecule has 4 heterocycles. The minimum Gasteiger partial charge on any atom is -0.366 e. The van der Waals surface area contributed by atoms with Crippen LogP contribution in [-0.4, -0.2) is 51.7 Å². The number of thioether (sulfide) groups is 1. The smallest absolute Gasteiger partial charge is 0.150 e. The first-order valence-corrected chi connectivity index (χ1v) is 12.5. The van der Waals surface area contributed by atoms with E-state index >= 15 is 0 Å². The number of hydrogen-bond acceptors (Lipinski definition) is 6. The summed E-state index contributed by atoms with van der Waals surface area (Å²) in [5.74, 6) is 1.26. The molecule has 33 heavy (non-hydrogen) atoms. The highest BCUT2D eigenvalue weighted by molar-refractivity contribution is 7.98. The van der Waals surface area contributed by atoms with Crippen LogP contribution in [0.3, 0.4) is 0 Å². The molecule has 0 aliphatic carbocycles. The molecule has 0 spiro atoms. The Morgan fingerprint density at radius 3 is 2.94 bits per heavy atom. The van der Waals surface area contributed by atoms with Crippen molar-refractivity contribution in [3.63, 3.8) is 0 Å². The zero-order valence-electron chi connectivity index (χ0n) is 18.8. The third-order valence-electron chi connectivity index (χ3n) is 6.23. The molecule has 1 unspecified atom stereocenters.